The Bertz CT molecular complexity index is 1150. The van der Waals surface area contributed by atoms with Gasteiger partial charge in [0.25, 0.3) is 11.1 Å². The van der Waals surface area contributed by atoms with Crippen molar-refractivity contribution in [2.24, 2.45) is 7.05 Å². The monoisotopic (exact) mass is 297 g/mol. The third kappa shape index (κ3) is 1.62. The van der Waals surface area contributed by atoms with Gasteiger partial charge in [-0.15, -0.1) is 11.3 Å². The van der Waals surface area contributed by atoms with Gasteiger partial charge < -0.3 is 10.7 Å². The summed E-state index contributed by atoms with van der Waals surface area (Å²) in [6.07, 6.45) is 0. The first-order valence-corrected chi connectivity index (χ1v) is 7.21. The first-order chi connectivity index (χ1) is 10.0. The summed E-state index contributed by atoms with van der Waals surface area (Å²) in [6, 6.07) is 9.15. The molecule has 21 heavy (non-hydrogen) atoms. The molecule has 2 heterocycles. The van der Waals surface area contributed by atoms with E-state index in [-0.39, 0.29) is 11.1 Å². The van der Waals surface area contributed by atoms with Gasteiger partial charge in [0.05, 0.1) is 31.2 Å². The van der Waals surface area contributed by atoms with Gasteiger partial charge in [-0.3, -0.25) is 14.2 Å². The number of aromatic amines is 1. The van der Waals surface area contributed by atoms with Crippen molar-refractivity contribution < 1.29 is 0 Å². The molecule has 6 heteroatoms. The smallest absolute Gasteiger partial charge is 0.261 e. The zero-order valence-corrected chi connectivity index (χ0v) is 12.0. The van der Waals surface area contributed by atoms with Crippen molar-refractivity contribution in [2.45, 2.75) is 0 Å². The van der Waals surface area contributed by atoms with Crippen LogP contribution in [0.2, 0.25) is 0 Å². The van der Waals surface area contributed by atoms with E-state index in [1.807, 2.05) is 18.2 Å². The van der Waals surface area contributed by atoms with Crippen molar-refractivity contribution in [3.63, 3.8) is 0 Å². The number of hydrogen-bond donors (Lipinski definition) is 2. The summed E-state index contributed by atoms with van der Waals surface area (Å²) < 4.78 is 3.07. The fourth-order valence-electron chi connectivity index (χ4n) is 2.56. The van der Waals surface area contributed by atoms with Gasteiger partial charge in [-0.2, -0.15) is 0 Å². The Balaban J connectivity index is 2.23. The Morgan fingerprint density at radius 1 is 1.00 bits per heavy atom. The molecular formula is C15H11N3O2S. The number of hydrogen-bond acceptors (Lipinski definition) is 4. The lowest BCUT2D eigenvalue weighted by molar-refractivity contribution is 0.856. The van der Waals surface area contributed by atoms with Crippen LogP contribution >= 0.6 is 11.3 Å². The molecule has 0 radical (unpaired) electrons. The van der Waals surface area contributed by atoms with Crippen LogP contribution in [0.15, 0.2) is 39.9 Å². The molecule has 3 N–H and O–H groups in total. The number of rotatable bonds is 0. The van der Waals surface area contributed by atoms with Gasteiger partial charge in [0.2, 0.25) is 0 Å². The number of nitrogens with one attached hydrogen (secondary N) is 1. The second-order valence-corrected chi connectivity index (χ2v) is 6.13. The normalized spacial score (nSPS) is 11.7. The van der Waals surface area contributed by atoms with Gasteiger partial charge >= 0.3 is 0 Å². The highest BCUT2D eigenvalue weighted by molar-refractivity contribution is 7.24. The average molecular weight is 297 g/mol. The quantitative estimate of drug-likeness (QED) is 0.385. The van der Waals surface area contributed by atoms with Gasteiger partial charge in [0, 0.05) is 12.7 Å². The third-order valence-corrected chi connectivity index (χ3v) is 4.80. The van der Waals surface area contributed by atoms with E-state index in [0.29, 0.717) is 16.5 Å². The van der Waals surface area contributed by atoms with Crippen LogP contribution < -0.4 is 16.9 Å². The highest BCUT2D eigenvalue weighted by Gasteiger charge is 2.12. The Hall–Kier alpha value is -2.60. The van der Waals surface area contributed by atoms with E-state index in [1.165, 1.54) is 7.05 Å². The molecule has 0 atom stereocenters. The van der Waals surface area contributed by atoms with Crippen molar-refractivity contribution in [3.8, 4) is 0 Å². The minimum Gasteiger partial charge on any atom is -0.399 e. The molecule has 4 rings (SSSR count). The molecule has 0 saturated heterocycles. The molecule has 0 amide bonds. The summed E-state index contributed by atoms with van der Waals surface area (Å²) in [5.41, 5.74) is 7.78. The number of anilines is 1. The fourth-order valence-corrected chi connectivity index (χ4v) is 3.62. The van der Waals surface area contributed by atoms with Crippen molar-refractivity contribution in [1.82, 2.24) is 9.55 Å². The molecule has 0 spiro atoms. The maximum Gasteiger partial charge on any atom is 0.261 e. The van der Waals surface area contributed by atoms with Crippen molar-refractivity contribution in [3.05, 3.63) is 51.0 Å². The minimum atomic E-state index is -0.257. The largest absolute Gasteiger partial charge is 0.399 e. The van der Waals surface area contributed by atoms with Crippen LogP contribution in [0.25, 0.3) is 31.2 Å². The standard InChI is InChI=1S/C15H11N3O2S/c1-18-14(19)8-5-11-13(6-9(8)15(18)20)21-12-4-7(16)2-3-10(12)17-11/h2-6,17H,16H2,1H3. The van der Waals surface area contributed by atoms with Crippen LogP contribution in [0, 0.1) is 0 Å². The second kappa shape index (κ2) is 3.95. The van der Waals surface area contributed by atoms with Crippen LogP contribution in [-0.4, -0.2) is 9.55 Å². The summed E-state index contributed by atoms with van der Waals surface area (Å²) >= 11 is 1.54. The summed E-state index contributed by atoms with van der Waals surface area (Å²) in [4.78, 5) is 27.4. The molecule has 0 aliphatic carbocycles. The van der Waals surface area contributed by atoms with E-state index >= 15 is 0 Å². The van der Waals surface area contributed by atoms with E-state index in [2.05, 4.69) is 4.98 Å². The number of H-pyrrole nitrogens is 1. The van der Waals surface area contributed by atoms with Gasteiger partial charge in [-0.1, -0.05) is 0 Å². The molecule has 0 bridgehead atoms. The van der Waals surface area contributed by atoms with Crippen LogP contribution in [0.1, 0.15) is 0 Å². The van der Waals surface area contributed by atoms with Crippen LogP contribution in [-0.2, 0) is 7.05 Å². The first kappa shape index (κ1) is 12.2. The zero-order chi connectivity index (χ0) is 14.7. The molecule has 2 aromatic heterocycles. The molecule has 0 unspecified atom stereocenters. The lowest BCUT2D eigenvalue weighted by Gasteiger charge is -2.03. The van der Waals surface area contributed by atoms with Crippen LogP contribution in [0.4, 0.5) is 5.69 Å². The molecule has 5 nitrogen and oxygen atoms in total. The number of benzene rings is 2. The minimum absolute atomic E-state index is 0.253. The molecule has 0 aliphatic rings. The van der Waals surface area contributed by atoms with Crippen molar-refractivity contribution in [1.29, 1.82) is 0 Å². The van der Waals surface area contributed by atoms with E-state index in [9.17, 15) is 9.59 Å². The van der Waals surface area contributed by atoms with E-state index in [4.69, 9.17) is 5.73 Å². The number of nitrogen functional groups attached to an aromatic ring is 1. The fraction of sp³-hybridized carbons (Fsp3) is 0.0667. The van der Waals surface area contributed by atoms with Crippen molar-refractivity contribution in [2.75, 3.05) is 5.73 Å². The van der Waals surface area contributed by atoms with Gasteiger partial charge in [-0.25, -0.2) is 0 Å². The van der Waals surface area contributed by atoms with Gasteiger partial charge in [0.1, 0.15) is 0 Å². The number of nitrogens with zero attached hydrogens (tertiary/aromatic N) is 1. The Morgan fingerprint density at radius 2 is 1.67 bits per heavy atom. The highest BCUT2D eigenvalue weighted by Crippen LogP contribution is 2.28. The third-order valence-electron chi connectivity index (χ3n) is 3.68. The Kier molecular flexibility index (Phi) is 2.29. The van der Waals surface area contributed by atoms with E-state index < -0.39 is 0 Å². The lowest BCUT2D eigenvalue weighted by atomic mass is 10.2. The second-order valence-electron chi connectivity index (χ2n) is 5.05. The molecule has 0 saturated carbocycles. The maximum absolute atomic E-state index is 12.0. The predicted octanol–water partition coefficient (Wildman–Crippen LogP) is 2.18. The topological polar surface area (TPSA) is 80.9 Å². The Morgan fingerprint density at radius 3 is 2.43 bits per heavy atom. The number of fused-ring (bicyclic) bond motifs is 3. The lowest BCUT2D eigenvalue weighted by Crippen LogP contribution is -2.20. The van der Waals surface area contributed by atoms with Crippen molar-refractivity contribution >= 4 is 48.2 Å². The number of aromatic nitrogens is 2. The Labute approximate surface area is 122 Å². The predicted molar refractivity (Wildman–Crippen MR) is 87.1 cm³/mol. The molecule has 2 aromatic carbocycles. The summed E-state index contributed by atoms with van der Waals surface area (Å²) in [5.74, 6) is 0. The zero-order valence-electron chi connectivity index (χ0n) is 11.1. The van der Waals surface area contributed by atoms with Crippen LogP contribution in [0.3, 0.4) is 0 Å². The number of nitrogens with two attached hydrogens (primary N) is 1. The summed E-state index contributed by atoms with van der Waals surface area (Å²) in [6.45, 7) is 0. The summed E-state index contributed by atoms with van der Waals surface area (Å²) in [5, 5.41) is 0.913. The highest BCUT2D eigenvalue weighted by atomic mass is 32.1. The first-order valence-electron chi connectivity index (χ1n) is 6.39. The molecule has 0 fully saturated rings. The van der Waals surface area contributed by atoms with E-state index in [1.54, 1.807) is 23.5 Å². The van der Waals surface area contributed by atoms with Gasteiger partial charge in [-0.05, 0) is 30.3 Å². The van der Waals surface area contributed by atoms with Crippen LogP contribution in [0.5, 0.6) is 0 Å². The average Bonchev–Trinajstić information content (AvgIpc) is 2.68. The maximum atomic E-state index is 12.0. The van der Waals surface area contributed by atoms with E-state index in [0.717, 1.165) is 25.0 Å². The molecule has 4 aromatic rings. The molecule has 0 aliphatic heterocycles. The molecule has 104 valence electrons. The summed E-state index contributed by atoms with van der Waals surface area (Å²) in [7, 11) is 1.50. The van der Waals surface area contributed by atoms with Gasteiger partial charge in [0.15, 0.2) is 0 Å². The SMILES string of the molecule is Cn1c(=O)c2cc3[nH]c4ccc(N)cc4sc3cc2c1=O. The molecular weight excluding hydrogens is 286 g/mol.